The van der Waals surface area contributed by atoms with Gasteiger partial charge in [0.05, 0.1) is 17.3 Å². The highest BCUT2D eigenvalue weighted by Crippen LogP contribution is 2.29. The Kier molecular flexibility index (Phi) is 7.19. The minimum atomic E-state index is -0.270. The van der Waals surface area contributed by atoms with Gasteiger partial charge in [-0.25, -0.2) is 4.79 Å². The van der Waals surface area contributed by atoms with Crippen molar-refractivity contribution >= 4 is 40.6 Å². The number of benzene rings is 2. The lowest BCUT2D eigenvalue weighted by Gasteiger charge is -2.29. The van der Waals surface area contributed by atoms with E-state index in [9.17, 15) is 9.59 Å². The summed E-state index contributed by atoms with van der Waals surface area (Å²) in [5.74, 6) is -0.0215. The highest BCUT2D eigenvalue weighted by molar-refractivity contribution is 6.33. The zero-order valence-electron chi connectivity index (χ0n) is 16.5. The summed E-state index contributed by atoms with van der Waals surface area (Å²) in [5.41, 5.74) is 2.55. The molecule has 0 bridgehead atoms. The molecular weight excluding hydrogens is 390 g/mol. The fourth-order valence-corrected chi connectivity index (χ4v) is 3.49. The molecule has 0 atom stereocenters. The number of nitrogens with one attached hydrogen (secondary N) is 3. The minimum Gasteiger partial charge on any atom is -0.375 e. The number of amides is 3. The standard InChI is InChI=1S/C21H26ClN5O2/c1-26(17-6-3-2-4-7-17)12-5-10-24-21(29)25-16-8-9-19(18(22)14-16)27-13-11-23-20(28)15-27/h2-4,6-9,14H,5,10-13,15H2,1H3,(H,23,28)(H2,24,25,29). The summed E-state index contributed by atoms with van der Waals surface area (Å²) in [5, 5.41) is 8.94. The van der Waals surface area contributed by atoms with Crippen LogP contribution < -0.4 is 25.8 Å². The normalized spacial score (nSPS) is 13.6. The van der Waals surface area contributed by atoms with E-state index in [1.54, 1.807) is 12.1 Å². The lowest BCUT2D eigenvalue weighted by Crippen LogP contribution is -2.47. The maximum absolute atomic E-state index is 12.1. The first kappa shape index (κ1) is 20.8. The number of urea groups is 1. The van der Waals surface area contributed by atoms with Crippen LogP contribution in [0.15, 0.2) is 48.5 Å². The first-order valence-electron chi connectivity index (χ1n) is 9.65. The van der Waals surface area contributed by atoms with E-state index in [-0.39, 0.29) is 18.5 Å². The van der Waals surface area contributed by atoms with E-state index < -0.39 is 0 Å². The summed E-state index contributed by atoms with van der Waals surface area (Å²) < 4.78 is 0. The van der Waals surface area contributed by atoms with Crippen LogP contribution in [-0.4, -0.2) is 51.7 Å². The van der Waals surface area contributed by atoms with Gasteiger partial charge in [-0.2, -0.15) is 0 Å². The van der Waals surface area contributed by atoms with Gasteiger partial charge in [-0.15, -0.1) is 0 Å². The van der Waals surface area contributed by atoms with Crippen LogP contribution in [0.2, 0.25) is 5.02 Å². The molecule has 29 heavy (non-hydrogen) atoms. The monoisotopic (exact) mass is 415 g/mol. The lowest BCUT2D eigenvalue weighted by atomic mass is 10.2. The number of hydrogen-bond donors (Lipinski definition) is 3. The van der Waals surface area contributed by atoms with Gasteiger partial charge in [0.15, 0.2) is 0 Å². The number of carbonyl (C=O) groups excluding carboxylic acids is 2. The van der Waals surface area contributed by atoms with Crippen molar-refractivity contribution in [2.24, 2.45) is 0 Å². The summed E-state index contributed by atoms with van der Waals surface area (Å²) >= 11 is 6.36. The molecule has 1 saturated heterocycles. The van der Waals surface area contributed by atoms with E-state index >= 15 is 0 Å². The summed E-state index contributed by atoms with van der Waals surface area (Å²) in [6.07, 6.45) is 0.829. The molecule has 7 nitrogen and oxygen atoms in total. The zero-order valence-corrected chi connectivity index (χ0v) is 17.2. The topological polar surface area (TPSA) is 76.7 Å². The molecule has 3 N–H and O–H groups in total. The molecule has 0 unspecified atom stereocenters. The number of para-hydroxylation sites is 1. The van der Waals surface area contributed by atoms with Gasteiger partial charge in [-0.05, 0) is 36.8 Å². The number of rotatable bonds is 7. The Morgan fingerprint density at radius 2 is 2.03 bits per heavy atom. The predicted octanol–water partition coefficient (Wildman–Crippen LogP) is 2.92. The van der Waals surface area contributed by atoms with Crippen molar-refractivity contribution in [2.45, 2.75) is 6.42 Å². The molecule has 1 heterocycles. The predicted molar refractivity (Wildman–Crippen MR) is 118 cm³/mol. The average molecular weight is 416 g/mol. The van der Waals surface area contributed by atoms with Crippen molar-refractivity contribution in [3.63, 3.8) is 0 Å². The van der Waals surface area contributed by atoms with Crippen LogP contribution in [0.5, 0.6) is 0 Å². The number of anilines is 3. The second-order valence-electron chi connectivity index (χ2n) is 6.93. The van der Waals surface area contributed by atoms with Crippen LogP contribution in [0.25, 0.3) is 0 Å². The molecule has 0 saturated carbocycles. The largest absolute Gasteiger partial charge is 0.375 e. The molecule has 1 aliphatic rings. The van der Waals surface area contributed by atoms with Gasteiger partial charge in [-0.1, -0.05) is 29.8 Å². The molecule has 1 fully saturated rings. The van der Waals surface area contributed by atoms with Gasteiger partial charge in [0.25, 0.3) is 0 Å². The van der Waals surface area contributed by atoms with Crippen molar-refractivity contribution in [3.05, 3.63) is 53.6 Å². The number of piperazine rings is 1. The number of hydrogen-bond acceptors (Lipinski definition) is 4. The van der Waals surface area contributed by atoms with Gasteiger partial charge in [0.1, 0.15) is 0 Å². The smallest absolute Gasteiger partial charge is 0.319 e. The molecular formula is C21H26ClN5O2. The minimum absolute atomic E-state index is 0.0215. The quantitative estimate of drug-likeness (QED) is 0.608. The summed E-state index contributed by atoms with van der Waals surface area (Å²) in [6.45, 7) is 2.99. The SMILES string of the molecule is CN(CCCNC(=O)Nc1ccc(N2CCNC(=O)C2)c(Cl)c1)c1ccccc1. The Hall–Kier alpha value is -2.93. The van der Waals surface area contributed by atoms with Crippen molar-refractivity contribution in [1.82, 2.24) is 10.6 Å². The molecule has 0 aliphatic carbocycles. The lowest BCUT2D eigenvalue weighted by molar-refractivity contribution is -0.120. The Morgan fingerprint density at radius 1 is 1.24 bits per heavy atom. The molecule has 3 amide bonds. The van der Waals surface area contributed by atoms with Crippen molar-refractivity contribution in [3.8, 4) is 0 Å². The third-order valence-corrected chi connectivity index (χ3v) is 5.04. The van der Waals surface area contributed by atoms with Crippen LogP contribution in [0.4, 0.5) is 21.9 Å². The second kappa shape index (κ2) is 10.0. The Bertz CT molecular complexity index is 846. The third kappa shape index (κ3) is 6.02. The van der Waals surface area contributed by atoms with E-state index in [2.05, 4.69) is 33.0 Å². The van der Waals surface area contributed by atoms with Crippen LogP contribution in [-0.2, 0) is 4.79 Å². The third-order valence-electron chi connectivity index (χ3n) is 4.74. The maximum Gasteiger partial charge on any atom is 0.319 e. The first-order valence-corrected chi connectivity index (χ1v) is 10.0. The van der Waals surface area contributed by atoms with Gasteiger partial charge >= 0.3 is 6.03 Å². The number of carbonyl (C=O) groups is 2. The fraction of sp³-hybridized carbons (Fsp3) is 0.333. The van der Waals surface area contributed by atoms with Crippen LogP contribution in [0.1, 0.15) is 6.42 Å². The highest BCUT2D eigenvalue weighted by atomic mass is 35.5. The van der Waals surface area contributed by atoms with E-state index in [4.69, 9.17) is 11.6 Å². The molecule has 1 aliphatic heterocycles. The Morgan fingerprint density at radius 3 is 2.76 bits per heavy atom. The van der Waals surface area contributed by atoms with Gasteiger partial charge < -0.3 is 25.8 Å². The Labute approximate surface area is 176 Å². The molecule has 2 aromatic rings. The van der Waals surface area contributed by atoms with Gasteiger partial charge in [0, 0.05) is 44.6 Å². The maximum atomic E-state index is 12.1. The summed E-state index contributed by atoms with van der Waals surface area (Å²) in [6, 6.07) is 15.2. The van der Waals surface area contributed by atoms with Crippen LogP contribution >= 0.6 is 11.6 Å². The van der Waals surface area contributed by atoms with E-state index in [1.165, 1.54) is 0 Å². The average Bonchev–Trinajstić information content (AvgIpc) is 2.72. The zero-order chi connectivity index (χ0) is 20.6. The van der Waals surface area contributed by atoms with Crippen molar-refractivity contribution in [2.75, 3.05) is 54.9 Å². The highest BCUT2D eigenvalue weighted by Gasteiger charge is 2.18. The Balaban J connectivity index is 1.43. The molecule has 2 aromatic carbocycles. The van der Waals surface area contributed by atoms with Crippen LogP contribution in [0, 0.1) is 0 Å². The van der Waals surface area contributed by atoms with E-state index in [1.807, 2.05) is 36.2 Å². The second-order valence-corrected chi connectivity index (χ2v) is 7.34. The van der Waals surface area contributed by atoms with Gasteiger partial charge in [-0.3, -0.25) is 4.79 Å². The molecule has 0 aromatic heterocycles. The first-order chi connectivity index (χ1) is 14.0. The summed E-state index contributed by atoms with van der Waals surface area (Å²) in [7, 11) is 2.03. The molecule has 0 spiro atoms. The molecule has 154 valence electrons. The number of nitrogens with zero attached hydrogens (tertiary/aromatic N) is 2. The molecule has 0 radical (unpaired) electrons. The van der Waals surface area contributed by atoms with E-state index in [0.717, 1.165) is 24.3 Å². The summed E-state index contributed by atoms with van der Waals surface area (Å²) in [4.78, 5) is 27.8. The van der Waals surface area contributed by atoms with Crippen molar-refractivity contribution < 1.29 is 9.59 Å². The van der Waals surface area contributed by atoms with Crippen LogP contribution in [0.3, 0.4) is 0 Å². The van der Waals surface area contributed by atoms with Crippen molar-refractivity contribution in [1.29, 1.82) is 0 Å². The van der Waals surface area contributed by atoms with E-state index in [0.29, 0.717) is 30.3 Å². The molecule has 3 rings (SSSR count). The van der Waals surface area contributed by atoms with Gasteiger partial charge in [0.2, 0.25) is 5.91 Å². The number of halogens is 1. The molecule has 8 heteroatoms. The fourth-order valence-electron chi connectivity index (χ4n) is 3.19.